The average molecular weight is 492 g/mol. The van der Waals surface area contributed by atoms with E-state index in [0.29, 0.717) is 21.4 Å². The Kier molecular flexibility index (Phi) is 7.07. The highest BCUT2D eigenvalue weighted by molar-refractivity contribution is 6.35. The summed E-state index contributed by atoms with van der Waals surface area (Å²) in [6.45, 7) is 0.192. The summed E-state index contributed by atoms with van der Waals surface area (Å²) in [6.07, 6.45) is 1.45. The first-order valence-electron chi connectivity index (χ1n) is 10.1. The number of amides is 1. The molecule has 8 heteroatoms. The maximum Gasteiger partial charge on any atom is 0.274 e. The largest absolute Gasteiger partial charge is 0.488 e. The number of nitrogens with one attached hydrogen (secondary N) is 1. The quantitative estimate of drug-likeness (QED) is 0.247. The number of nitrogens with zero attached hydrogens (tertiary/aromatic N) is 2. The third-order valence-electron chi connectivity index (χ3n) is 5.03. The molecule has 0 aliphatic rings. The molecular weight excluding hydrogens is 476 g/mol. The lowest BCUT2D eigenvalue weighted by atomic mass is 10.0. The second kappa shape index (κ2) is 10.3. The van der Waals surface area contributed by atoms with Crippen LogP contribution in [0.15, 0.2) is 77.9 Å². The third kappa shape index (κ3) is 5.18. The van der Waals surface area contributed by atoms with Crippen LogP contribution in [0, 0.1) is 17.1 Å². The molecule has 0 aliphatic carbocycles. The topological polar surface area (TPSA) is 74.5 Å². The normalized spacial score (nSPS) is 10.9. The van der Waals surface area contributed by atoms with Gasteiger partial charge in [-0.2, -0.15) is 10.4 Å². The molecule has 0 atom stereocenters. The predicted molar refractivity (Wildman–Crippen MR) is 131 cm³/mol. The maximum atomic E-state index is 14.1. The van der Waals surface area contributed by atoms with E-state index in [9.17, 15) is 9.18 Å². The summed E-state index contributed by atoms with van der Waals surface area (Å²) in [6, 6.07) is 21.9. The molecule has 0 heterocycles. The zero-order valence-corrected chi connectivity index (χ0v) is 19.1. The molecule has 0 aliphatic heterocycles. The molecule has 168 valence electrons. The van der Waals surface area contributed by atoms with E-state index < -0.39 is 11.7 Å². The molecule has 0 unspecified atom stereocenters. The van der Waals surface area contributed by atoms with Crippen LogP contribution < -0.4 is 10.2 Å². The number of carbonyl (C=O) groups excluding carboxylic acids is 1. The standard InChI is InChI=1S/C26H16Cl2FN3O2/c27-19-8-6-18(23(28)12-19)15-34-25-10-7-17-3-1-2-4-20(17)22(25)14-31-32-26(33)21-9-5-16(13-30)11-24(21)29/h1-12,14H,15H2,(H,32,33)/b31-14-. The summed E-state index contributed by atoms with van der Waals surface area (Å²) in [4.78, 5) is 12.4. The lowest BCUT2D eigenvalue weighted by Gasteiger charge is -2.13. The predicted octanol–water partition coefficient (Wildman–Crippen LogP) is 6.50. The van der Waals surface area contributed by atoms with Crippen LogP contribution in [0.2, 0.25) is 10.0 Å². The Hall–Kier alpha value is -3.92. The highest BCUT2D eigenvalue weighted by atomic mass is 35.5. The summed E-state index contributed by atoms with van der Waals surface area (Å²) >= 11 is 12.2. The zero-order chi connectivity index (χ0) is 24.1. The van der Waals surface area contributed by atoms with E-state index in [1.165, 1.54) is 18.3 Å². The summed E-state index contributed by atoms with van der Waals surface area (Å²) in [5, 5.41) is 15.7. The number of fused-ring (bicyclic) bond motifs is 1. The van der Waals surface area contributed by atoms with Gasteiger partial charge in [-0.05, 0) is 47.2 Å². The van der Waals surface area contributed by atoms with Crippen molar-refractivity contribution in [3.8, 4) is 11.8 Å². The second-order valence-electron chi connectivity index (χ2n) is 7.23. The second-order valence-corrected chi connectivity index (χ2v) is 8.07. The van der Waals surface area contributed by atoms with Crippen molar-refractivity contribution in [2.24, 2.45) is 5.10 Å². The fourth-order valence-corrected chi connectivity index (χ4v) is 3.78. The van der Waals surface area contributed by atoms with Crippen molar-refractivity contribution in [1.29, 1.82) is 5.26 Å². The summed E-state index contributed by atoms with van der Waals surface area (Å²) in [7, 11) is 0. The van der Waals surface area contributed by atoms with Gasteiger partial charge in [-0.3, -0.25) is 4.79 Å². The van der Waals surface area contributed by atoms with Gasteiger partial charge in [-0.1, -0.05) is 59.6 Å². The molecule has 0 bridgehead atoms. The minimum Gasteiger partial charge on any atom is -0.488 e. The molecule has 5 nitrogen and oxygen atoms in total. The Balaban J connectivity index is 1.59. The number of hydrogen-bond acceptors (Lipinski definition) is 4. The summed E-state index contributed by atoms with van der Waals surface area (Å²) < 4.78 is 20.1. The number of benzene rings is 4. The average Bonchev–Trinajstić information content (AvgIpc) is 2.84. The fourth-order valence-electron chi connectivity index (χ4n) is 3.31. The van der Waals surface area contributed by atoms with Gasteiger partial charge < -0.3 is 4.74 Å². The van der Waals surface area contributed by atoms with E-state index >= 15 is 0 Å². The lowest BCUT2D eigenvalue weighted by molar-refractivity contribution is 0.0951. The molecule has 0 radical (unpaired) electrons. The van der Waals surface area contributed by atoms with E-state index in [2.05, 4.69) is 10.5 Å². The lowest BCUT2D eigenvalue weighted by Crippen LogP contribution is -2.19. The van der Waals surface area contributed by atoms with Gasteiger partial charge in [0.25, 0.3) is 5.91 Å². The Morgan fingerprint density at radius 1 is 1.09 bits per heavy atom. The molecule has 1 N–H and O–H groups in total. The summed E-state index contributed by atoms with van der Waals surface area (Å²) in [5.74, 6) is -1.03. The van der Waals surface area contributed by atoms with Crippen molar-refractivity contribution >= 4 is 46.1 Å². The van der Waals surface area contributed by atoms with E-state index in [4.69, 9.17) is 33.2 Å². The van der Waals surface area contributed by atoms with Crippen molar-refractivity contribution in [3.05, 3.63) is 111 Å². The molecule has 0 saturated heterocycles. The zero-order valence-electron chi connectivity index (χ0n) is 17.6. The van der Waals surface area contributed by atoms with E-state index in [1.54, 1.807) is 24.3 Å². The molecule has 0 saturated carbocycles. The van der Waals surface area contributed by atoms with Crippen LogP contribution in [0.5, 0.6) is 5.75 Å². The van der Waals surface area contributed by atoms with E-state index in [0.717, 1.165) is 22.4 Å². The SMILES string of the molecule is N#Cc1ccc(C(=O)N/N=C\c2c(OCc3ccc(Cl)cc3Cl)ccc3ccccc23)c(F)c1. The Bertz CT molecular complexity index is 1460. The highest BCUT2D eigenvalue weighted by Crippen LogP contribution is 2.29. The number of halogens is 3. The molecule has 4 aromatic rings. The van der Waals surface area contributed by atoms with Gasteiger partial charge in [-0.15, -0.1) is 0 Å². The first kappa shape index (κ1) is 23.2. The summed E-state index contributed by atoms with van der Waals surface area (Å²) in [5.41, 5.74) is 3.61. The number of ether oxygens (including phenoxy) is 1. The molecule has 0 aromatic heterocycles. The van der Waals surface area contributed by atoms with Crippen LogP contribution in [-0.4, -0.2) is 12.1 Å². The molecule has 0 fully saturated rings. The third-order valence-corrected chi connectivity index (χ3v) is 5.62. The molecule has 4 aromatic carbocycles. The number of carbonyl (C=O) groups is 1. The Labute approximate surface area is 205 Å². The number of hydrogen-bond donors (Lipinski definition) is 1. The molecule has 1 amide bonds. The van der Waals surface area contributed by atoms with Crippen molar-refractivity contribution in [2.45, 2.75) is 6.61 Å². The maximum absolute atomic E-state index is 14.1. The van der Waals surface area contributed by atoms with Crippen LogP contribution in [0.4, 0.5) is 4.39 Å². The van der Waals surface area contributed by atoms with E-state index in [1.807, 2.05) is 36.4 Å². The number of nitriles is 1. The first-order valence-corrected chi connectivity index (χ1v) is 10.8. The smallest absolute Gasteiger partial charge is 0.274 e. The van der Waals surface area contributed by atoms with Gasteiger partial charge in [0, 0.05) is 21.2 Å². The van der Waals surface area contributed by atoms with Gasteiger partial charge in [0.1, 0.15) is 18.2 Å². The van der Waals surface area contributed by atoms with Crippen LogP contribution in [0.1, 0.15) is 27.0 Å². The molecule has 0 spiro atoms. The van der Waals surface area contributed by atoms with Gasteiger partial charge in [0.05, 0.1) is 23.4 Å². The van der Waals surface area contributed by atoms with E-state index in [-0.39, 0.29) is 17.7 Å². The van der Waals surface area contributed by atoms with Crippen LogP contribution in [-0.2, 0) is 6.61 Å². The number of hydrazone groups is 1. The molecular formula is C26H16Cl2FN3O2. The molecule has 34 heavy (non-hydrogen) atoms. The van der Waals surface area contributed by atoms with Crippen LogP contribution in [0.25, 0.3) is 10.8 Å². The number of rotatable bonds is 6. The van der Waals surface area contributed by atoms with Gasteiger partial charge in [-0.25, -0.2) is 9.82 Å². The monoisotopic (exact) mass is 491 g/mol. The van der Waals surface area contributed by atoms with Crippen LogP contribution in [0.3, 0.4) is 0 Å². The Morgan fingerprint density at radius 3 is 2.68 bits per heavy atom. The fraction of sp³-hybridized carbons (Fsp3) is 0.0385. The first-order chi connectivity index (χ1) is 16.5. The van der Waals surface area contributed by atoms with Crippen molar-refractivity contribution in [1.82, 2.24) is 5.43 Å². The Morgan fingerprint density at radius 2 is 1.91 bits per heavy atom. The van der Waals surface area contributed by atoms with Crippen molar-refractivity contribution < 1.29 is 13.9 Å². The van der Waals surface area contributed by atoms with Crippen LogP contribution >= 0.6 is 23.2 Å². The van der Waals surface area contributed by atoms with Gasteiger partial charge in [0.2, 0.25) is 0 Å². The minimum absolute atomic E-state index is 0.121. The highest BCUT2D eigenvalue weighted by Gasteiger charge is 2.13. The van der Waals surface area contributed by atoms with Crippen molar-refractivity contribution in [3.63, 3.8) is 0 Å². The van der Waals surface area contributed by atoms with Gasteiger partial charge >= 0.3 is 0 Å². The minimum atomic E-state index is -0.805. The van der Waals surface area contributed by atoms with Gasteiger partial charge in [0.15, 0.2) is 0 Å². The van der Waals surface area contributed by atoms with Crippen molar-refractivity contribution in [2.75, 3.05) is 0 Å². The molecule has 4 rings (SSSR count).